The number of hydrogen-bond donors (Lipinski definition) is 1. The summed E-state index contributed by atoms with van der Waals surface area (Å²) < 4.78 is 4.09. The Labute approximate surface area is 146 Å². The number of halogens is 1. The van der Waals surface area contributed by atoms with Gasteiger partial charge in [0.05, 0.1) is 12.5 Å². The average Bonchev–Trinajstić information content (AvgIpc) is 3.27. The highest BCUT2D eigenvalue weighted by atomic mass is 35.5. The van der Waals surface area contributed by atoms with Gasteiger partial charge in [-0.3, -0.25) is 4.79 Å². The molecule has 0 spiro atoms. The van der Waals surface area contributed by atoms with Crippen LogP contribution in [0, 0.1) is 0 Å². The first-order chi connectivity index (χ1) is 11.7. The van der Waals surface area contributed by atoms with E-state index in [-0.39, 0.29) is 11.9 Å². The van der Waals surface area contributed by atoms with Crippen LogP contribution in [0.15, 0.2) is 73.3 Å². The van der Waals surface area contributed by atoms with Crippen LogP contribution in [0.4, 0.5) is 0 Å². The predicted molar refractivity (Wildman–Crippen MR) is 96.1 cm³/mol. The van der Waals surface area contributed by atoms with E-state index >= 15 is 0 Å². The number of aromatic nitrogens is 2. The van der Waals surface area contributed by atoms with Crippen LogP contribution in [-0.2, 0) is 11.3 Å². The highest BCUT2D eigenvalue weighted by Gasteiger charge is 2.17. The number of carbonyl (C=O) groups excluding carboxylic acids is 1. The van der Waals surface area contributed by atoms with Gasteiger partial charge in [-0.25, -0.2) is 0 Å². The maximum absolute atomic E-state index is 12.4. The molecule has 0 bridgehead atoms. The molecule has 2 heterocycles. The molecule has 124 valence electrons. The lowest BCUT2D eigenvalue weighted by Gasteiger charge is -2.19. The minimum atomic E-state index is -0.0381. The summed E-state index contributed by atoms with van der Waals surface area (Å²) in [5.41, 5.74) is 1.07. The molecule has 1 N–H and O–H groups in total. The van der Waals surface area contributed by atoms with Crippen LogP contribution < -0.4 is 5.32 Å². The third kappa shape index (κ3) is 4.30. The van der Waals surface area contributed by atoms with Gasteiger partial charge in [0.25, 0.3) is 0 Å². The van der Waals surface area contributed by atoms with Gasteiger partial charge in [-0.15, -0.1) is 0 Å². The van der Waals surface area contributed by atoms with Crippen LogP contribution >= 0.6 is 11.6 Å². The van der Waals surface area contributed by atoms with Gasteiger partial charge < -0.3 is 14.5 Å². The third-order valence-corrected chi connectivity index (χ3v) is 4.23. The summed E-state index contributed by atoms with van der Waals surface area (Å²) in [4.78, 5) is 12.4. The lowest BCUT2D eigenvalue weighted by Crippen LogP contribution is -2.29. The molecule has 0 saturated heterocycles. The highest BCUT2D eigenvalue weighted by molar-refractivity contribution is 6.30. The van der Waals surface area contributed by atoms with Crippen molar-refractivity contribution in [3.63, 3.8) is 0 Å². The van der Waals surface area contributed by atoms with Crippen molar-refractivity contribution >= 4 is 17.5 Å². The van der Waals surface area contributed by atoms with E-state index in [2.05, 4.69) is 9.88 Å². The van der Waals surface area contributed by atoms with Gasteiger partial charge >= 0.3 is 0 Å². The van der Waals surface area contributed by atoms with Gasteiger partial charge in [-0.1, -0.05) is 23.7 Å². The molecule has 0 saturated carbocycles. The van der Waals surface area contributed by atoms with E-state index in [9.17, 15) is 4.79 Å². The Morgan fingerprint density at radius 3 is 2.29 bits per heavy atom. The molecular weight excluding hydrogens is 322 g/mol. The van der Waals surface area contributed by atoms with Crippen molar-refractivity contribution < 1.29 is 4.79 Å². The molecule has 0 aliphatic rings. The zero-order chi connectivity index (χ0) is 16.8. The van der Waals surface area contributed by atoms with Crippen molar-refractivity contribution in [2.75, 3.05) is 6.54 Å². The van der Waals surface area contributed by atoms with E-state index in [1.54, 1.807) is 0 Å². The molecule has 5 heteroatoms. The van der Waals surface area contributed by atoms with Gasteiger partial charge in [0.15, 0.2) is 0 Å². The van der Waals surface area contributed by atoms with E-state index < -0.39 is 0 Å². The maximum atomic E-state index is 12.4. The van der Waals surface area contributed by atoms with Crippen molar-refractivity contribution in [2.45, 2.75) is 19.0 Å². The first-order valence-electron chi connectivity index (χ1n) is 7.98. The first-order valence-corrected chi connectivity index (χ1v) is 8.35. The van der Waals surface area contributed by atoms with Crippen LogP contribution in [0.25, 0.3) is 0 Å². The van der Waals surface area contributed by atoms with E-state index in [4.69, 9.17) is 11.6 Å². The molecule has 3 aromatic rings. The topological polar surface area (TPSA) is 39.0 Å². The molecule has 0 aliphatic carbocycles. The number of amides is 1. The predicted octanol–water partition coefficient (Wildman–Crippen LogP) is 3.74. The Morgan fingerprint density at radius 1 is 1.00 bits per heavy atom. The minimum Gasteiger partial charge on any atom is -0.354 e. The molecule has 1 aromatic carbocycles. The largest absolute Gasteiger partial charge is 0.354 e. The van der Waals surface area contributed by atoms with Crippen LogP contribution in [0.1, 0.15) is 18.0 Å². The fourth-order valence-electron chi connectivity index (χ4n) is 2.73. The van der Waals surface area contributed by atoms with Gasteiger partial charge in [-0.05, 0) is 42.0 Å². The maximum Gasteiger partial charge on any atom is 0.222 e. The Kier molecular flexibility index (Phi) is 5.39. The molecule has 0 fully saturated rings. The summed E-state index contributed by atoms with van der Waals surface area (Å²) in [7, 11) is 0. The second-order valence-corrected chi connectivity index (χ2v) is 6.11. The molecule has 4 nitrogen and oxygen atoms in total. The lowest BCUT2D eigenvalue weighted by molar-refractivity contribution is -0.121. The normalized spacial score (nSPS) is 12.0. The number of carbonyl (C=O) groups is 1. The molecule has 2 aromatic heterocycles. The van der Waals surface area contributed by atoms with Gasteiger partial charge in [0.2, 0.25) is 5.91 Å². The Hall–Kier alpha value is -2.46. The van der Waals surface area contributed by atoms with E-state index in [1.165, 1.54) is 0 Å². The number of nitrogens with zero attached hydrogens (tertiary/aromatic N) is 2. The zero-order valence-corrected chi connectivity index (χ0v) is 14.1. The summed E-state index contributed by atoms with van der Waals surface area (Å²) in [5.74, 6) is 0.0378. The molecule has 3 rings (SSSR count). The fourth-order valence-corrected chi connectivity index (χ4v) is 2.85. The first kappa shape index (κ1) is 16.4. The van der Waals surface area contributed by atoms with E-state index in [0.29, 0.717) is 18.0 Å². The number of nitrogens with one attached hydrogen (secondary N) is 1. The van der Waals surface area contributed by atoms with Crippen LogP contribution in [0.2, 0.25) is 5.02 Å². The molecular formula is C19H20ClN3O. The second kappa shape index (κ2) is 7.88. The quantitative estimate of drug-likeness (QED) is 0.698. The zero-order valence-electron chi connectivity index (χ0n) is 13.3. The standard InChI is InChI=1S/C19H20ClN3O/c20-17-7-5-16(6-8-17)18(23-12-3-4-13-23)15-19(24)21-9-14-22-10-1-2-11-22/h1-8,10-13,18H,9,14-15H2,(H,21,24). The van der Waals surface area contributed by atoms with Gasteiger partial charge in [0.1, 0.15) is 0 Å². The summed E-state index contributed by atoms with van der Waals surface area (Å²) in [6, 6.07) is 15.5. The summed E-state index contributed by atoms with van der Waals surface area (Å²) >= 11 is 5.98. The molecule has 1 atom stereocenters. The molecule has 0 radical (unpaired) electrons. The smallest absolute Gasteiger partial charge is 0.222 e. The molecule has 0 aliphatic heterocycles. The highest BCUT2D eigenvalue weighted by Crippen LogP contribution is 2.23. The van der Waals surface area contributed by atoms with Crippen molar-refractivity contribution in [2.24, 2.45) is 0 Å². The second-order valence-electron chi connectivity index (χ2n) is 5.67. The number of benzene rings is 1. The summed E-state index contributed by atoms with van der Waals surface area (Å²) in [6.07, 6.45) is 8.33. The van der Waals surface area contributed by atoms with Crippen molar-refractivity contribution in [3.8, 4) is 0 Å². The molecule has 1 unspecified atom stereocenters. The Morgan fingerprint density at radius 2 is 1.62 bits per heavy atom. The molecule has 1 amide bonds. The average molecular weight is 342 g/mol. The SMILES string of the molecule is O=C(CC(c1ccc(Cl)cc1)n1cccc1)NCCn1cccc1. The summed E-state index contributed by atoms with van der Waals surface area (Å²) in [6.45, 7) is 1.39. The fraction of sp³-hybridized carbons (Fsp3) is 0.211. The Bertz CT molecular complexity index is 749. The number of rotatable bonds is 7. The van der Waals surface area contributed by atoms with Crippen molar-refractivity contribution in [1.82, 2.24) is 14.5 Å². The van der Waals surface area contributed by atoms with Crippen molar-refractivity contribution in [1.29, 1.82) is 0 Å². The number of hydrogen-bond acceptors (Lipinski definition) is 1. The minimum absolute atomic E-state index is 0.0378. The van der Waals surface area contributed by atoms with Crippen LogP contribution in [-0.4, -0.2) is 21.6 Å². The third-order valence-electron chi connectivity index (χ3n) is 3.98. The van der Waals surface area contributed by atoms with Crippen LogP contribution in [0.3, 0.4) is 0 Å². The van der Waals surface area contributed by atoms with Crippen molar-refractivity contribution in [3.05, 3.63) is 83.9 Å². The Balaban J connectivity index is 1.63. The monoisotopic (exact) mass is 341 g/mol. The van der Waals surface area contributed by atoms with Gasteiger partial charge in [-0.2, -0.15) is 0 Å². The van der Waals surface area contributed by atoms with Gasteiger partial charge in [0, 0.05) is 42.9 Å². The summed E-state index contributed by atoms with van der Waals surface area (Å²) in [5, 5.41) is 3.69. The van der Waals surface area contributed by atoms with Crippen LogP contribution in [0.5, 0.6) is 0 Å². The molecule has 24 heavy (non-hydrogen) atoms. The lowest BCUT2D eigenvalue weighted by atomic mass is 10.0. The van der Waals surface area contributed by atoms with E-state index in [1.807, 2.05) is 77.9 Å². The van der Waals surface area contributed by atoms with E-state index in [0.717, 1.165) is 12.1 Å².